The highest BCUT2D eigenvalue weighted by atomic mass is 32.2. The van der Waals surface area contributed by atoms with Crippen LogP contribution in [0.15, 0.2) is 35.2 Å². The summed E-state index contributed by atoms with van der Waals surface area (Å²) in [7, 11) is 0. The Balaban J connectivity index is 1.25. The van der Waals surface area contributed by atoms with E-state index in [-0.39, 0.29) is 0 Å². The van der Waals surface area contributed by atoms with E-state index in [0.29, 0.717) is 11.5 Å². The van der Waals surface area contributed by atoms with Crippen molar-refractivity contribution < 1.29 is 0 Å². The Kier molecular flexibility index (Phi) is 2.96. The number of thioether (sulfide) groups is 1. The fourth-order valence-corrected chi connectivity index (χ4v) is 5.79. The topological polar surface area (TPSA) is 41.1 Å². The molecule has 0 spiro atoms. The van der Waals surface area contributed by atoms with E-state index in [2.05, 4.69) is 40.5 Å². The van der Waals surface area contributed by atoms with Crippen molar-refractivity contribution in [1.29, 1.82) is 0 Å². The normalized spacial score (nSPS) is 29.4. The maximum atomic E-state index is 4.97. The molecule has 3 aliphatic carbocycles. The van der Waals surface area contributed by atoms with E-state index >= 15 is 0 Å². The number of aromatic nitrogens is 2. The van der Waals surface area contributed by atoms with Gasteiger partial charge in [0.05, 0.1) is 10.6 Å². The van der Waals surface area contributed by atoms with E-state index in [9.17, 15) is 0 Å². The third-order valence-corrected chi connectivity index (χ3v) is 7.49. The van der Waals surface area contributed by atoms with Gasteiger partial charge in [-0.2, -0.15) is 4.98 Å². The van der Waals surface area contributed by atoms with Crippen LogP contribution in [0.2, 0.25) is 0 Å². The SMILES string of the molecule is c1ccc(C2CN(c3nc4c(c(NC56CC(C5)C6)n3)SCC4)C2)cc1. The predicted molar refractivity (Wildman–Crippen MR) is 102 cm³/mol. The van der Waals surface area contributed by atoms with Gasteiger partial charge in [0.15, 0.2) is 0 Å². The molecule has 1 saturated heterocycles. The number of anilines is 2. The molecule has 5 aliphatic rings. The summed E-state index contributed by atoms with van der Waals surface area (Å²) in [5, 5.41) is 3.81. The van der Waals surface area contributed by atoms with Crippen molar-refractivity contribution in [2.24, 2.45) is 5.92 Å². The third-order valence-electron chi connectivity index (χ3n) is 6.37. The molecule has 0 atom stereocenters. The lowest BCUT2D eigenvalue weighted by Crippen LogP contribution is -2.63. The van der Waals surface area contributed by atoms with Gasteiger partial charge in [-0.3, -0.25) is 0 Å². The Bertz CT molecular complexity index is 814. The number of nitrogens with zero attached hydrogens (tertiary/aromatic N) is 3. The number of rotatable bonds is 4. The third kappa shape index (κ3) is 2.21. The minimum Gasteiger partial charge on any atom is -0.363 e. The van der Waals surface area contributed by atoms with Crippen molar-refractivity contribution in [3.63, 3.8) is 0 Å². The second-order valence-corrected chi connectivity index (χ2v) is 9.25. The van der Waals surface area contributed by atoms with Crippen LogP contribution in [0.1, 0.15) is 36.4 Å². The van der Waals surface area contributed by atoms with E-state index in [1.807, 2.05) is 11.8 Å². The fourth-order valence-electron chi connectivity index (χ4n) is 4.74. The number of hydrogen-bond donors (Lipinski definition) is 1. The minimum atomic E-state index is 0.370. The summed E-state index contributed by atoms with van der Waals surface area (Å²) >= 11 is 1.92. The molecule has 3 saturated carbocycles. The van der Waals surface area contributed by atoms with Crippen LogP contribution < -0.4 is 10.2 Å². The average molecular weight is 350 g/mol. The summed E-state index contributed by atoms with van der Waals surface area (Å²) < 4.78 is 0. The van der Waals surface area contributed by atoms with Crippen molar-refractivity contribution in [3.8, 4) is 0 Å². The summed E-state index contributed by atoms with van der Waals surface area (Å²) in [4.78, 5) is 13.5. The molecule has 7 rings (SSSR count). The van der Waals surface area contributed by atoms with Gasteiger partial charge in [-0.1, -0.05) is 30.3 Å². The largest absolute Gasteiger partial charge is 0.363 e. The Labute approximate surface area is 152 Å². The molecule has 25 heavy (non-hydrogen) atoms. The predicted octanol–water partition coefficient (Wildman–Crippen LogP) is 3.69. The molecule has 3 heterocycles. The summed E-state index contributed by atoms with van der Waals surface area (Å²) in [6, 6.07) is 10.8. The van der Waals surface area contributed by atoms with Gasteiger partial charge >= 0.3 is 0 Å². The van der Waals surface area contributed by atoms with Crippen molar-refractivity contribution >= 4 is 23.5 Å². The Hall–Kier alpha value is -1.75. The monoisotopic (exact) mass is 350 g/mol. The molecule has 4 nitrogen and oxygen atoms in total. The maximum absolute atomic E-state index is 4.97. The van der Waals surface area contributed by atoms with Gasteiger partial charge < -0.3 is 10.2 Å². The second-order valence-electron chi connectivity index (χ2n) is 8.14. The summed E-state index contributed by atoms with van der Waals surface area (Å²) in [6.45, 7) is 2.06. The van der Waals surface area contributed by atoms with Gasteiger partial charge in [-0.25, -0.2) is 4.98 Å². The molecule has 5 heteroatoms. The number of benzene rings is 1. The first-order valence-electron chi connectivity index (χ1n) is 9.40. The maximum Gasteiger partial charge on any atom is 0.227 e. The smallest absolute Gasteiger partial charge is 0.227 e. The van der Waals surface area contributed by atoms with Crippen LogP contribution in [-0.2, 0) is 6.42 Å². The molecule has 1 aromatic heterocycles. The van der Waals surface area contributed by atoms with Crippen LogP contribution in [-0.4, -0.2) is 34.3 Å². The van der Waals surface area contributed by atoms with Crippen LogP contribution >= 0.6 is 11.8 Å². The van der Waals surface area contributed by atoms with Crippen molar-refractivity contribution in [2.45, 2.75) is 42.0 Å². The van der Waals surface area contributed by atoms with Crippen LogP contribution in [0.4, 0.5) is 11.8 Å². The summed E-state index contributed by atoms with van der Waals surface area (Å²) in [5.41, 5.74) is 3.06. The zero-order valence-corrected chi connectivity index (χ0v) is 15.1. The lowest BCUT2D eigenvalue weighted by molar-refractivity contribution is 0.00159. The molecule has 1 aromatic carbocycles. The van der Waals surface area contributed by atoms with Crippen molar-refractivity contribution in [3.05, 3.63) is 41.6 Å². The molecular formula is C20H22N4S. The van der Waals surface area contributed by atoms with Gasteiger partial charge in [0.1, 0.15) is 5.82 Å². The molecule has 2 aromatic rings. The molecule has 0 unspecified atom stereocenters. The van der Waals surface area contributed by atoms with Crippen LogP contribution in [0.25, 0.3) is 0 Å². The zero-order chi connectivity index (χ0) is 16.4. The lowest BCUT2D eigenvalue weighted by atomic mass is 9.50. The quantitative estimate of drug-likeness (QED) is 0.911. The van der Waals surface area contributed by atoms with E-state index in [1.165, 1.54) is 35.4 Å². The van der Waals surface area contributed by atoms with Crippen LogP contribution in [0.5, 0.6) is 0 Å². The van der Waals surface area contributed by atoms with Gasteiger partial charge in [0.2, 0.25) is 5.95 Å². The molecule has 1 N–H and O–H groups in total. The standard InChI is InChI=1S/C20H22N4S/c1-2-4-14(5-3-1)15-11-24(12-15)19-21-16-6-7-25-17(16)18(22-19)23-20-8-13(9-20)10-20/h1-5,13,15H,6-12H2,(H,21,22,23). The van der Waals surface area contributed by atoms with E-state index in [0.717, 1.165) is 42.9 Å². The van der Waals surface area contributed by atoms with Crippen molar-refractivity contribution in [2.75, 3.05) is 29.1 Å². The average Bonchev–Trinajstić information content (AvgIpc) is 2.98. The van der Waals surface area contributed by atoms with Gasteiger partial charge in [-0.15, -0.1) is 11.8 Å². The van der Waals surface area contributed by atoms with Crippen LogP contribution in [0.3, 0.4) is 0 Å². The number of hydrogen-bond acceptors (Lipinski definition) is 5. The summed E-state index contributed by atoms with van der Waals surface area (Å²) in [5.74, 6) is 4.79. The first-order chi connectivity index (χ1) is 12.3. The van der Waals surface area contributed by atoms with Gasteiger partial charge in [-0.05, 0) is 30.7 Å². The number of nitrogens with one attached hydrogen (secondary N) is 1. The minimum absolute atomic E-state index is 0.370. The van der Waals surface area contributed by atoms with E-state index < -0.39 is 0 Å². The highest BCUT2D eigenvalue weighted by Gasteiger charge is 2.57. The second kappa shape index (κ2) is 5.13. The van der Waals surface area contributed by atoms with Crippen molar-refractivity contribution in [1.82, 2.24) is 9.97 Å². The molecule has 128 valence electrons. The zero-order valence-electron chi connectivity index (χ0n) is 14.2. The van der Waals surface area contributed by atoms with Gasteiger partial charge in [0, 0.05) is 36.7 Å². The Morgan fingerprint density at radius 2 is 1.88 bits per heavy atom. The van der Waals surface area contributed by atoms with Crippen LogP contribution in [0, 0.1) is 5.92 Å². The molecular weight excluding hydrogens is 328 g/mol. The van der Waals surface area contributed by atoms with E-state index in [1.54, 1.807) is 0 Å². The first-order valence-corrected chi connectivity index (χ1v) is 10.4. The fraction of sp³-hybridized carbons (Fsp3) is 0.500. The number of aryl methyl sites for hydroxylation is 1. The van der Waals surface area contributed by atoms with E-state index in [4.69, 9.17) is 9.97 Å². The first kappa shape index (κ1) is 14.4. The Morgan fingerprint density at radius 1 is 1.08 bits per heavy atom. The Morgan fingerprint density at radius 3 is 2.60 bits per heavy atom. The molecule has 0 radical (unpaired) electrons. The highest BCUT2D eigenvalue weighted by molar-refractivity contribution is 7.99. The highest BCUT2D eigenvalue weighted by Crippen LogP contribution is 2.59. The molecule has 2 aliphatic heterocycles. The number of fused-ring (bicyclic) bond motifs is 1. The molecule has 0 amide bonds. The van der Waals surface area contributed by atoms with Gasteiger partial charge in [0.25, 0.3) is 0 Å². The lowest BCUT2D eigenvalue weighted by Gasteiger charge is -2.62. The molecule has 2 bridgehead atoms. The summed E-state index contributed by atoms with van der Waals surface area (Å²) in [6.07, 6.45) is 5.10. The molecule has 4 fully saturated rings.